The maximum atomic E-state index is 5.36. The van der Waals surface area contributed by atoms with Gasteiger partial charge in [0.2, 0.25) is 0 Å². The third-order valence-electron chi connectivity index (χ3n) is 1.42. The average molecular weight is 256 g/mol. The fraction of sp³-hybridized carbons (Fsp3) is 0.556. The molecule has 0 aromatic rings. The molecule has 0 aromatic heterocycles. The Morgan fingerprint density at radius 3 is 2.62 bits per heavy atom. The number of ether oxygens (including phenoxy) is 1. The summed E-state index contributed by atoms with van der Waals surface area (Å²) in [5.41, 5.74) is 0. The summed E-state index contributed by atoms with van der Waals surface area (Å²) in [6.45, 7) is 3.00. The first kappa shape index (κ1) is 19.2. The van der Waals surface area contributed by atoms with Crippen molar-refractivity contribution in [3.05, 3.63) is 24.0 Å². The summed E-state index contributed by atoms with van der Waals surface area (Å²) >= 11 is 0. The molecule has 0 saturated carbocycles. The quantitative estimate of drug-likeness (QED) is 0.287. The zero-order valence-electron chi connectivity index (χ0n) is 7.65. The van der Waals surface area contributed by atoms with Gasteiger partial charge in [-0.2, -0.15) is 12.2 Å². The molecular weight excluding hydrogens is 243 g/mol. The number of unbranched alkanes of at least 4 members (excludes halogenated alkanes) is 1. The van der Waals surface area contributed by atoms with Crippen LogP contribution in [0.25, 0.3) is 0 Å². The molecule has 0 spiro atoms. The molecule has 0 unspecified atom stereocenters. The standard InChI is InChI=1S/C9H13O.2ClH.Ti/c1-2-3-8-10-9-6-4-5-7-9;;;/h4,6H,2-3,5,8H2,1H3;2*1H;/q-1;;;+3/p-2. The van der Waals surface area contributed by atoms with Crippen molar-refractivity contribution in [2.75, 3.05) is 6.61 Å². The van der Waals surface area contributed by atoms with Crippen molar-refractivity contribution >= 4 is 0 Å². The van der Waals surface area contributed by atoms with Crippen molar-refractivity contribution in [3.63, 3.8) is 0 Å². The van der Waals surface area contributed by atoms with Crippen LogP contribution in [0.2, 0.25) is 0 Å². The third kappa shape index (κ3) is 8.89. The maximum Gasteiger partial charge on any atom is 3.00 e. The van der Waals surface area contributed by atoms with Gasteiger partial charge >= 0.3 is 21.7 Å². The normalized spacial score (nSPS) is 11.9. The van der Waals surface area contributed by atoms with Gasteiger partial charge in [0.05, 0.1) is 6.61 Å². The van der Waals surface area contributed by atoms with Gasteiger partial charge < -0.3 is 29.6 Å². The van der Waals surface area contributed by atoms with Gasteiger partial charge in [-0.1, -0.05) is 19.1 Å². The third-order valence-corrected chi connectivity index (χ3v) is 1.42. The Morgan fingerprint density at radius 2 is 2.15 bits per heavy atom. The van der Waals surface area contributed by atoms with E-state index in [9.17, 15) is 0 Å². The zero-order chi connectivity index (χ0) is 7.23. The van der Waals surface area contributed by atoms with Gasteiger partial charge in [0.25, 0.3) is 0 Å². The summed E-state index contributed by atoms with van der Waals surface area (Å²) < 4.78 is 5.36. The number of allylic oxidation sites excluding steroid dienone is 3. The SMILES string of the molecule is CCCCOC1=[C-]CC=C1.[Cl-].[Cl-].[Ti+3]. The molecule has 73 valence electrons. The maximum absolute atomic E-state index is 5.36. The first-order chi connectivity index (χ1) is 4.93. The van der Waals surface area contributed by atoms with Crippen molar-refractivity contribution in [3.8, 4) is 0 Å². The van der Waals surface area contributed by atoms with Crippen LogP contribution in [0.15, 0.2) is 17.9 Å². The monoisotopic (exact) mass is 255 g/mol. The van der Waals surface area contributed by atoms with Crippen LogP contribution in [-0.2, 0) is 26.5 Å². The van der Waals surface area contributed by atoms with Crippen LogP contribution in [-0.4, -0.2) is 6.61 Å². The van der Waals surface area contributed by atoms with Crippen molar-refractivity contribution < 1.29 is 51.3 Å². The van der Waals surface area contributed by atoms with E-state index in [4.69, 9.17) is 4.74 Å². The van der Waals surface area contributed by atoms with Gasteiger partial charge in [0, 0.05) is 0 Å². The van der Waals surface area contributed by atoms with Crippen molar-refractivity contribution in [2.45, 2.75) is 26.2 Å². The van der Waals surface area contributed by atoms with Crippen molar-refractivity contribution in [1.82, 2.24) is 0 Å². The summed E-state index contributed by atoms with van der Waals surface area (Å²) in [7, 11) is 0. The van der Waals surface area contributed by atoms with E-state index in [2.05, 4.69) is 19.1 Å². The zero-order valence-corrected chi connectivity index (χ0v) is 10.7. The minimum atomic E-state index is 0. The van der Waals surface area contributed by atoms with Crippen LogP contribution in [0.1, 0.15) is 26.2 Å². The van der Waals surface area contributed by atoms with Crippen LogP contribution < -0.4 is 24.8 Å². The minimum absolute atomic E-state index is 0. The van der Waals surface area contributed by atoms with E-state index in [1.54, 1.807) is 0 Å². The van der Waals surface area contributed by atoms with E-state index in [0.717, 1.165) is 25.2 Å². The molecule has 1 aliphatic rings. The molecule has 0 atom stereocenters. The van der Waals surface area contributed by atoms with Crippen LogP contribution in [0.3, 0.4) is 0 Å². The molecule has 1 aliphatic carbocycles. The Kier molecular flexibility index (Phi) is 18.6. The molecule has 0 heterocycles. The predicted octanol–water partition coefficient (Wildman–Crippen LogP) is -3.54. The van der Waals surface area contributed by atoms with Gasteiger partial charge in [-0.15, -0.1) is 6.42 Å². The first-order valence-corrected chi connectivity index (χ1v) is 3.83. The van der Waals surface area contributed by atoms with E-state index in [1.807, 2.05) is 6.08 Å². The van der Waals surface area contributed by atoms with E-state index in [-0.39, 0.29) is 46.5 Å². The van der Waals surface area contributed by atoms with Gasteiger partial charge in [-0.25, -0.2) is 6.08 Å². The molecule has 0 saturated heterocycles. The van der Waals surface area contributed by atoms with Crippen LogP contribution in [0, 0.1) is 6.08 Å². The van der Waals surface area contributed by atoms with Crippen molar-refractivity contribution in [1.29, 1.82) is 0 Å². The second kappa shape index (κ2) is 12.6. The van der Waals surface area contributed by atoms with Crippen molar-refractivity contribution in [2.24, 2.45) is 0 Å². The fourth-order valence-corrected chi connectivity index (χ4v) is 0.810. The Hall–Kier alpha value is 0.574. The smallest absolute Gasteiger partial charge is 1.00 e. The Balaban J connectivity index is -0.000000333. The summed E-state index contributed by atoms with van der Waals surface area (Å²) in [4.78, 5) is 0. The molecule has 0 amide bonds. The van der Waals surface area contributed by atoms with Gasteiger partial charge in [-0.05, 0) is 6.42 Å². The van der Waals surface area contributed by atoms with Crippen LogP contribution in [0.4, 0.5) is 0 Å². The summed E-state index contributed by atoms with van der Waals surface area (Å²) in [5.74, 6) is 0.924. The molecule has 1 nitrogen and oxygen atoms in total. The van der Waals surface area contributed by atoms with E-state index >= 15 is 0 Å². The number of hydrogen-bond acceptors (Lipinski definition) is 1. The van der Waals surface area contributed by atoms with Gasteiger partial charge in [0.1, 0.15) is 0 Å². The first-order valence-electron chi connectivity index (χ1n) is 3.83. The molecular formula is C9H13Cl2OTi. The van der Waals surface area contributed by atoms with Gasteiger partial charge in [-0.3, -0.25) is 0 Å². The topological polar surface area (TPSA) is 9.23 Å². The number of halogens is 2. The Morgan fingerprint density at radius 1 is 1.46 bits per heavy atom. The second-order valence-electron chi connectivity index (χ2n) is 2.35. The summed E-state index contributed by atoms with van der Waals surface area (Å²) in [5, 5.41) is 0. The fourth-order valence-electron chi connectivity index (χ4n) is 0.810. The van der Waals surface area contributed by atoms with E-state index in [1.165, 1.54) is 6.42 Å². The van der Waals surface area contributed by atoms with Crippen LogP contribution in [0.5, 0.6) is 0 Å². The molecule has 0 fully saturated rings. The Labute approximate surface area is 108 Å². The molecule has 1 rings (SSSR count). The summed E-state index contributed by atoms with van der Waals surface area (Å²) in [6, 6.07) is 0. The summed E-state index contributed by atoms with van der Waals surface area (Å²) in [6.07, 6.45) is 10.4. The second-order valence-corrected chi connectivity index (χ2v) is 2.35. The largest absolute Gasteiger partial charge is 3.00 e. The molecule has 0 N–H and O–H groups in total. The molecule has 1 radical (unpaired) electrons. The van der Waals surface area contributed by atoms with Crippen LogP contribution >= 0.6 is 0 Å². The number of hydrogen-bond donors (Lipinski definition) is 0. The Bertz CT molecular complexity index is 158. The minimum Gasteiger partial charge on any atom is -1.00 e. The van der Waals surface area contributed by atoms with Gasteiger partial charge in [0.15, 0.2) is 0 Å². The molecule has 0 aliphatic heterocycles. The molecule has 0 aromatic carbocycles. The van der Waals surface area contributed by atoms with E-state index in [0.29, 0.717) is 0 Å². The molecule has 13 heavy (non-hydrogen) atoms. The molecule has 0 bridgehead atoms. The van der Waals surface area contributed by atoms with E-state index < -0.39 is 0 Å². The average Bonchev–Trinajstić information content (AvgIpc) is 2.41. The predicted molar refractivity (Wildman–Crippen MR) is 41.4 cm³/mol. The molecule has 4 heteroatoms. The number of rotatable bonds is 4.